The summed E-state index contributed by atoms with van der Waals surface area (Å²) in [4.78, 5) is 14.8. The fourth-order valence-corrected chi connectivity index (χ4v) is 3.59. The molecular formula is C25H25NO4. The first kappa shape index (κ1) is 20.0. The Balaban J connectivity index is 1.30. The third-order valence-corrected chi connectivity index (χ3v) is 5.12. The van der Waals surface area contributed by atoms with Crippen molar-refractivity contribution in [3.63, 3.8) is 0 Å². The molecule has 0 saturated heterocycles. The molecule has 1 heterocycles. The molecule has 5 heteroatoms. The number of para-hydroxylation sites is 1. The van der Waals surface area contributed by atoms with E-state index in [9.17, 15) is 9.90 Å². The molecule has 0 radical (unpaired) electrons. The van der Waals surface area contributed by atoms with Crippen LogP contribution in [0.4, 0.5) is 0 Å². The van der Waals surface area contributed by atoms with E-state index in [0.29, 0.717) is 40.0 Å². The van der Waals surface area contributed by atoms with Crippen LogP contribution in [0.5, 0.6) is 11.5 Å². The third kappa shape index (κ3) is 4.63. The molecule has 30 heavy (non-hydrogen) atoms. The maximum Gasteiger partial charge on any atom is 0.200 e. The van der Waals surface area contributed by atoms with Crippen molar-refractivity contribution in [2.75, 3.05) is 20.2 Å². The Morgan fingerprint density at radius 1 is 0.933 bits per heavy atom. The van der Waals surface area contributed by atoms with Gasteiger partial charge in [0.15, 0.2) is 0 Å². The number of fused-ring (bicyclic) bond motifs is 2. The van der Waals surface area contributed by atoms with E-state index in [4.69, 9.17) is 9.15 Å². The van der Waals surface area contributed by atoms with Gasteiger partial charge in [0.05, 0.1) is 17.4 Å². The number of aromatic hydroxyl groups is 1. The fraction of sp³-hybridized carbons (Fsp3) is 0.240. The van der Waals surface area contributed by atoms with E-state index in [1.165, 1.54) is 0 Å². The first-order valence-electron chi connectivity index (χ1n) is 10.1. The number of phenols is 1. The van der Waals surface area contributed by atoms with Gasteiger partial charge >= 0.3 is 0 Å². The zero-order valence-electron chi connectivity index (χ0n) is 17.0. The second-order valence-electron chi connectivity index (χ2n) is 7.55. The summed E-state index contributed by atoms with van der Waals surface area (Å²) in [7, 11) is 2.07. The number of benzene rings is 3. The molecule has 0 atom stereocenters. The van der Waals surface area contributed by atoms with Gasteiger partial charge in [0.1, 0.15) is 22.7 Å². The topological polar surface area (TPSA) is 62.9 Å². The SMILES string of the molecule is CN(CCCCOc1ccc2c(=O)c3ccccc3oc2c1)Cc1cccc(O)c1. The lowest BCUT2D eigenvalue weighted by atomic mass is 10.1. The molecule has 0 saturated carbocycles. The van der Waals surface area contributed by atoms with E-state index in [1.807, 2.05) is 30.3 Å². The Morgan fingerprint density at radius 3 is 2.63 bits per heavy atom. The van der Waals surface area contributed by atoms with Crippen molar-refractivity contribution < 1.29 is 14.3 Å². The maximum absolute atomic E-state index is 12.6. The molecular weight excluding hydrogens is 378 g/mol. The molecule has 4 rings (SSSR count). The quantitative estimate of drug-likeness (QED) is 0.333. The van der Waals surface area contributed by atoms with Crippen LogP contribution in [0.2, 0.25) is 0 Å². The highest BCUT2D eigenvalue weighted by atomic mass is 16.5. The summed E-state index contributed by atoms with van der Waals surface area (Å²) in [5.41, 5.74) is 2.20. The highest BCUT2D eigenvalue weighted by Crippen LogP contribution is 2.23. The largest absolute Gasteiger partial charge is 0.508 e. The van der Waals surface area contributed by atoms with Crippen LogP contribution in [0, 0.1) is 0 Å². The van der Waals surface area contributed by atoms with E-state index in [0.717, 1.165) is 31.5 Å². The van der Waals surface area contributed by atoms with Crippen molar-refractivity contribution in [3.8, 4) is 11.5 Å². The molecule has 0 spiro atoms. The van der Waals surface area contributed by atoms with Crippen LogP contribution in [0.3, 0.4) is 0 Å². The maximum atomic E-state index is 12.6. The van der Waals surface area contributed by atoms with Crippen LogP contribution in [0.25, 0.3) is 21.9 Å². The average Bonchev–Trinajstić information content (AvgIpc) is 2.73. The molecule has 4 aromatic rings. The fourth-order valence-electron chi connectivity index (χ4n) is 3.59. The standard InChI is InChI=1S/C25H25NO4/c1-26(17-18-7-6-8-19(27)15-18)13-4-5-14-29-20-11-12-22-24(16-20)30-23-10-3-2-9-21(23)25(22)28/h2-3,6-12,15-16,27H,4-5,13-14,17H2,1H3. The van der Waals surface area contributed by atoms with E-state index in [2.05, 4.69) is 11.9 Å². The lowest BCUT2D eigenvalue weighted by Gasteiger charge is -2.16. The van der Waals surface area contributed by atoms with Crippen molar-refractivity contribution in [1.29, 1.82) is 0 Å². The van der Waals surface area contributed by atoms with Crippen LogP contribution < -0.4 is 10.2 Å². The van der Waals surface area contributed by atoms with Gasteiger partial charge in [-0.1, -0.05) is 24.3 Å². The van der Waals surface area contributed by atoms with Gasteiger partial charge in [-0.05, 0) is 68.4 Å². The molecule has 0 aliphatic rings. The lowest BCUT2D eigenvalue weighted by molar-refractivity contribution is 0.275. The summed E-state index contributed by atoms with van der Waals surface area (Å²) < 4.78 is 11.8. The zero-order chi connectivity index (χ0) is 20.9. The Kier molecular flexibility index (Phi) is 6.00. The summed E-state index contributed by atoms with van der Waals surface area (Å²) in [6.07, 6.45) is 1.92. The van der Waals surface area contributed by atoms with Gasteiger partial charge in [-0.3, -0.25) is 4.79 Å². The third-order valence-electron chi connectivity index (χ3n) is 5.12. The van der Waals surface area contributed by atoms with Gasteiger partial charge < -0.3 is 19.2 Å². The highest BCUT2D eigenvalue weighted by molar-refractivity contribution is 5.90. The highest BCUT2D eigenvalue weighted by Gasteiger charge is 2.08. The second-order valence-corrected chi connectivity index (χ2v) is 7.55. The molecule has 5 nitrogen and oxygen atoms in total. The van der Waals surface area contributed by atoms with E-state index >= 15 is 0 Å². The van der Waals surface area contributed by atoms with Crippen molar-refractivity contribution >= 4 is 21.9 Å². The Morgan fingerprint density at radius 2 is 1.77 bits per heavy atom. The molecule has 1 N–H and O–H groups in total. The predicted molar refractivity (Wildman–Crippen MR) is 119 cm³/mol. The van der Waals surface area contributed by atoms with E-state index in [-0.39, 0.29) is 5.43 Å². The lowest BCUT2D eigenvalue weighted by Crippen LogP contribution is -2.19. The summed E-state index contributed by atoms with van der Waals surface area (Å²) in [6, 6.07) is 20.0. The monoisotopic (exact) mass is 403 g/mol. The molecule has 154 valence electrons. The molecule has 0 amide bonds. The van der Waals surface area contributed by atoms with Crippen LogP contribution in [-0.2, 0) is 6.54 Å². The minimum Gasteiger partial charge on any atom is -0.508 e. The van der Waals surface area contributed by atoms with E-state index in [1.54, 1.807) is 36.4 Å². The van der Waals surface area contributed by atoms with Crippen LogP contribution >= 0.6 is 0 Å². The Bertz CT molecular complexity index is 1210. The molecule has 0 bridgehead atoms. The molecule has 1 aromatic heterocycles. The van der Waals surface area contributed by atoms with Crippen molar-refractivity contribution in [1.82, 2.24) is 4.90 Å². The predicted octanol–water partition coefficient (Wildman–Crippen LogP) is 4.94. The average molecular weight is 403 g/mol. The van der Waals surface area contributed by atoms with Crippen LogP contribution in [0.15, 0.2) is 75.9 Å². The second kappa shape index (κ2) is 9.01. The molecule has 0 fully saturated rings. The number of unbranched alkanes of at least 4 members (excludes halogenated alkanes) is 1. The van der Waals surface area contributed by atoms with Crippen LogP contribution in [-0.4, -0.2) is 30.2 Å². The van der Waals surface area contributed by atoms with Gasteiger partial charge in [0, 0.05) is 12.6 Å². The van der Waals surface area contributed by atoms with Crippen molar-refractivity contribution in [2.45, 2.75) is 19.4 Å². The molecule has 0 unspecified atom stereocenters. The minimum absolute atomic E-state index is 0.0202. The van der Waals surface area contributed by atoms with Gasteiger partial charge in [0.25, 0.3) is 0 Å². The number of rotatable bonds is 8. The summed E-state index contributed by atoms with van der Waals surface area (Å²) in [5, 5.41) is 10.7. The normalized spacial score (nSPS) is 11.4. The van der Waals surface area contributed by atoms with Crippen molar-refractivity contribution in [3.05, 3.63) is 82.5 Å². The first-order chi connectivity index (χ1) is 14.6. The Labute approximate surface area is 175 Å². The number of nitrogens with zero attached hydrogens (tertiary/aromatic N) is 1. The summed E-state index contributed by atoms with van der Waals surface area (Å²) in [5.74, 6) is 1.00. The molecule has 0 aliphatic carbocycles. The van der Waals surface area contributed by atoms with Gasteiger partial charge in [-0.2, -0.15) is 0 Å². The number of phenolic OH excluding ortho intramolecular Hbond substituents is 1. The molecule has 0 aliphatic heterocycles. The summed E-state index contributed by atoms with van der Waals surface area (Å²) in [6.45, 7) is 2.34. The summed E-state index contributed by atoms with van der Waals surface area (Å²) >= 11 is 0. The molecule has 3 aromatic carbocycles. The zero-order valence-corrected chi connectivity index (χ0v) is 17.0. The first-order valence-corrected chi connectivity index (χ1v) is 10.1. The van der Waals surface area contributed by atoms with Gasteiger partial charge in [-0.15, -0.1) is 0 Å². The van der Waals surface area contributed by atoms with Crippen molar-refractivity contribution in [2.24, 2.45) is 0 Å². The smallest absolute Gasteiger partial charge is 0.200 e. The number of hydrogen-bond acceptors (Lipinski definition) is 5. The van der Waals surface area contributed by atoms with Gasteiger partial charge in [-0.25, -0.2) is 0 Å². The van der Waals surface area contributed by atoms with Gasteiger partial charge in [0.2, 0.25) is 5.43 Å². The number of hydrogen-bond donors (Lipinski definition) is 1. The van der Waals surface area contributed by atoms with Crippen LogP contribution in [0.1, 0.15) is 18.4 Å². The number of ether oxygens (including phenoxy) is 1. The minimum atomic E-state index is -0.0202. The Hall–Kier alpha value is -3.31. The van der Waals surface area contributed by atoms with E-state index < -0.39 is 0 Å².